The minimum atomic E-state index is -0.445. The van der Waals surface area contributed by atoms with Crippen LogP contribution in [0, 0.1) is 0 Å². The first kappa shape index (κ1) is 30.0. The number of unbranched alkanes of at least 4 members (excludes halogenated alkanes) is 15. The lowest BCUT2D eigenvalue weighted by molar-refractivity contribution is -0.0177. The van der Waals surface area contributed by atoms with Crippen LogP contribution in [0.25, 0.3) is 0 Å². The fourth-order valence-corrected chi connectivity index (χ4v) is 3.02. The van der Waals surface area contributed by atoms with Crippen LogP contribution in [-0.2, 0) is 4.74 Å². The van der Waals surface area contributed by atoms with Crippen LogP contribution in [0.5, 0.6) is 0 Å². The molecule has 2 unspecified atom stereocenters. The molecular formula is C24H52O4. The summed E-state index contributed by atoms with van der Waals surface area (Å²) in [6, 6.07) is 0. The molecule has 0 aliphatic rings. The summed E-state index contributed by atoms with van der Waals surface area (Å²) in [5.74, 6) is 0. The lowest BCUT2D eigenvalue weighted by Crippen LogP contribution is -2.19. The molecular weight excluding hydrogens is 352 g/mol. The normalized spacial score (nSPS) is 13.1. The van der Waals surface area contributed by atoms with Crippen LogP contribution in [0.3, 0.4) is 0 Å². The molecule has 172 valence electrons. The Bertz CT molecular complexity index is 243. The molecule has 28 heavy (non-hydrogen) atoms. The first-order valence-electron chi connectivity index (χ1n) is 12.1. The molecule has 0 aromatic heterocycles. The summed E-state index contributed by atoms with van der Waals surface area (Å²) in [6.45, 7) is 6.35. The molecule has 0 spiro atoms. The van der Waals surface area contributed by atoms with Crippen LogP contribution < -0.4 is 0 Å². The van der Waals surface area contributed by atoms with Gasteiger partial charge in [0.2, 0.25) is 0 Å². The number of ether oxygens (including phenoxy) is 1. The highest BCUT2D eigenvalue weighted by atomic mass is 16.5. The fourth-order valence-electron chi connectivity index (χ4n) is 3.02. The lowest BCUT2D eigenvalue weighted by Gasteiger charge is -2.10. The zero-order valence-corrected chi connectivity index (χ0v) is 19.3. The summed E-state index contributed by atoms with van der Waals surface area (Å²) in [4.78, 5) is 0. The Labute approximate surface area is 176 Å². The third-order valence-electron chi connectivity index (χ3n) is 4.89. The molecule has 0 aliphatic carbocycles. The topological polar surface area (TPSA) is 69.9 Å². The SMILES string of the molecule is CC(O)COC(C)CO.CCCCCCCCCCCCCCCCCCO. The van der Waals surface area contributed by atoms with E-state index in [9.17, 15) is 0 Å². The molecule has 0 aromatic carbocycles. The predicted molar refractivity (Wildman–Crippen MR) is 121 cm³/mol. The maximum Gasteiger partial charge on any atom is 0.0779 e. The molecule has 2 atom stereocenters. The van der Waals surface area contributed by atoms with Gasteiger partial charge in [0.15, 0.2) is 0 Å². The second-order valence-electron chi connectivity index (χ2n) is 8.20. The van der Waals surface area contributed by atoms with Crippen molar-refractivity contribution in [1.29, 1.82) is 0 Å². The van der Waals surface area contributed by atoms with E-state index in [2.05, 4.69) is 6.92 Å². The number of hydrogen-bond acceptors (Lipinski definition) is 4. The number of aliphatic hydroxyl groups excluding tert-OH is 3. The van der Waals surface area contributed by atoms with Crippen molar-refractivity contribution in [2.45, 2.75) is 136 Å². The minimum absolute atomic E-state index is 0.00667. The van der Waals surface area contributed by atoms with Gasteiger partial charge < -0.3 is 20.1 Å². The van der Waals surface area contributed by atoms with Gasteiger partial charge in [-0.05, 0) is 20.3 Å². The fraction of sp³-hybridized carbons (Fsp3) is 1.00. The molecule has 0 heterocycles. The monoisotopic (exact) mass is 404 g/mol. The molecule has 3 N–H and O–H groups in total. The van der Waals surface area contributed by atoms with E-state index in [1.54, 1.807) is 13.8 Å². The summed E-state index contributed by atoms with van der Waals surface area (Å²) in [7, 11) is 0. The third-order valence-corrected chi connectivity index (χ3v) is 4.89. The van der Waals surface area contributed by atoms with Crippen LogP contribution >= 0.6 is 0 Å². The molecule has 4 nitrogen and oxygen atoms in total. The summed E-state index contributed by atoms with van der Waals surface area (Å²) in [5, 5.41) is 25.8. The Morgan fingerprint density at radius 2 is 0.964 bits per heavy atom. The second kappa shape index (κ2) is 26.8. The van der Waals surface area contributed by atoms with Crippen molar-refractivity contribution in [1.82, 2.24) is 0 Å². The van der Waals surface area contributed by atoms with Gasteiger partial charge in [-0.1, -0.05) is 103 Å². The molecule has 0 amide bonds. The summed E-state index contributed by atoms with van der Waals surface area (Å²) in [6.07, 6.45) is 21.6. The Kier molecular flexibility index (Phi) is 28.8. The Balaban J connectivity index is 0. The van der Waals surface area contributed by atoms with Gasteiger partial charge in [-0.25, -0.2) is 0 Å². The number of hydrogen-bond donors (Lipinski definition) is 3. The van der Waals surface area contributed by atoms with E-state index >= 15 is 0 Å². The van der Waals surface area contributed by atoms with Gasteiger partial charge in [-0.3, -0.25) is 0 Å². The number of rotatable bonds is 20. The first-order chi connectivity index (χ1) is 13.6. The molecule has 0 bridgehead atoms. The summed E-state index contributed by atoms with van der Waals surface area (Å²) in [5.41, 5.74) is 0. The largest absolute Gasteiger partial charge is 0.396 e. The molecule has 0 aliphatic heterocycles. The van der Waals surface area contributed by atoms with Gasteiger partial charge in [0.05, 0.1) is 25.4 Å². The van der Waals surface area contributed by atoms with E-state index in [0.29, 0.717) is 13.2 Å². The average Bonchev–Trinajstić information content (AvgIpc) is 2.69. The van der Waals surface area contributed by atoms with E-state index in [1.165, 1.54) is 96.3 Å². The molecule has 0 saturated carbocycles. The molecule has 0 rings (SSSR count). The molecule has 0 radical (unpaired) electrons. The Morgan fingerprint density at radius 3 is 1.25 bits per heavy atom. The lowest BCUT2D eigenvalue weighted by atomic mass is 10.0. The molecule has 0 aromatic rings. The zero-order valence-electron chi connectivity index (χ0n) is 19.3. The van der Waals surface area contributed by atoms with E-state index in [-0.39, 0.29) is 12.7 Å². The molecule has 0 saturated heterocycles. The minimum Gasteiger partial charge on any atom is -0.396 e. The second-order valence-corrected chi connectivity index (χ2v) is 8.20. The predicted octanol–water partition coefficient (Wildman–Crippen LogP) is 6.00. The van der Waals surface area contributed by atoms with E-state index in [1.807, 2.05) is 0 Å². The van der Waals surface area contributed by atoms with Crippen molar-refractivity contribution < 1.29 is 20.1 Å². The first-order valence-corrected chi connectivity index (χ1v) is 12.1. The summed E-state index contributed by atoms with van der Waals surface area (Å²) >= 11 is 0. The van der Waals surface area contributed by atoms with Crippen LogP contribution in [0.2, 0.25) is 0 Å². The third kappa shape index (κ3) is 30.6. The quantitative estimate of drug-likeness (QED) is 0.217. The van der Waals surface area contributed by atoms with Gasteiger partial charge in [0, 0.05) is 6.61 Å². The molecule has 0 fully saturated rings. The van der Waals surface area contributed by atoms with Crippen molar-refractivity contribution in [3.05, 3.63) is 0 Å². The van der Waals surface area contributed by atoms with Crippen LogP contribution in [0.15, 0.2) is 0 Å². The van der Waals surface area contributed by atoms with Crippen molar-refractivity contribution >= 4 is 0 Å². The van der Waals surface area contributed by atoms with Crippen molar-refractivity contribution in [2.75, 3.05) is 19.8 Å². The molecule has 4 heteroatoms. The van der Waals surface area contributed by atoms with Gasteiger partial charge >= 0.3 is 0 Å². The van der Waals surface area contributed by atoms with E-state index < -0.39 is 6.10 Å². The highest BCUT2D eigenvalue weighted by Crippen LogP contribution is 2.13. The zero-order chi connectivity index (χ0) is 21.3. The van der Waals surface area contributed by atoms with Crippen molar-refractivity contribution in [2.24, 2.45) is 0 Å². The Morgan fingerprint density at radius 1 is 0.607 bits per heavy atom. The maximum atomic E-state index is 8.69. The van der Waals surface area contributed by atoms with E-state index in [0.717, 1.165) is 6.42 Å². The van der Waals surface area contributed by atoms with Gasteiger partial charge in [-0.15, -0.1) is 0 Å². The van der Waals surface area contributed by atoms with E-state index in [4.69, 9.17) is 20.1 Å². The van der Waals surface area contributed by atoms with Crippen molar-refractivity contribution in [3.8, 4) is 0 Å². The smallest absolute Gasteiger partial charge is 0.0779 e. The summed E-state index contributed by atoms with van der Waals surface area (Å²) < 4.78 is 4.95. The van der Waals surface area contributed by atoms with Crippen LogP contribution in [-0.4, -0.2) is 47.3 Å². The van der Waals surface area contributed by atoms with Gasteiger partial charge in [0.25, 0.3) is 0 Å². The maximum absolute atomic E-state index is 8.69. The standard InChI is InChI=1S/C18H38O.C6H14O3/c1-2-3-4-5-6-7-8-9-10-11-12-13-14-15-16-17-18-19;1-5(8)4-9-6(2)3-7/h19H,2-18H2,1H3;5-8H,3-4H2,1-2H3. The highest BCUT2D eigenvalue weighted by Gasteiger charge is 2.00. The van der Waals surface area contributed by atoms with Gasteiger partial charge in [0.1, 0.15) is 0 Å². The average molecular weight is 405 g/mol. The van der Waals surface area contributed by atoms with Crippen molar-refractivity contribution in [3.63, 3.8) is 0 Å². The Hall–Kier alpha value is -0.160. The highest BCUT2D eigenvalue weighted by molar-refractivity contribution is 4.50. The van der Waals surface area contributed by atoms with Gasteiger partial charge in [-0.2, -0.15) is 0 Å². The van der Waals surface area contributed by atoms with Crippen LogP contribution in [0.1, 0.15) is 124 Å². The van der Waals surface area contributed by atoms with Crippen LogP contribution in [0.4, 0.5) is 0 Å². The number of aliphatic hydroxyl groups is 3.